The first-order valence-electron chi connectivity index (χ1n) is 11.7. The number of benzene rings is 2. The Kier molecular flexibility index (Phi) is 7.38. The predicted molar refractivity (Wildman–Crippen MR) is 126 cm³/mol. The molecular formula is C25H34NO5P. The van der Waals surface area contributed by atoms with E-state index >= 15 is 0 Å². The van der Waals surface area contributed by atoms with Gasteiger partial charge in [0.2, 0.25) is 0 Å². The fourth-order valence-corrected chi connectivity index (χ4v) is 5.78. The molecule has 4 rings (SSSR count). The average Bonchev–Trinajstić information content (AvgIpc) is 3.10. The summed E-state index contributed by atoms with van der Waals surface area (Å²) in [6, 6.07) is 13.9. The largest absolute Gasteiger partial charge is 0.391 e. The molecular weight excluding hydrogens is 425 g/mol. The van der Waals surface area contributed by atoms with E-state index < -0.39 is 19.8 Å². The first kappa shape index (κ1) is 23.5. The van der Waals surface area contributed by atoms with Crippen LogP contribution in [0.1, 0.15) is 60.5 Å². The minimum Gasteiger partial charge on any atom is -0.391 e. The number of aliphatic hydroxyl groups is 2. The lowest BCUT2D eigenvalue weighted by molar-refractivity contribution is 0.160. The molecule has 3 unspecified atom stereocenters. The van der Waals surface area contributed by atoms with Crippen molar-refractivity contribution < 1.29 is 24.6 Å². The van der Waals surface area contributed by atoms with Crippen LogP contribution in [0.5, 0.6) is 0 Å². The van der Waals surface area contributed by atoms with Crippen molar-refractivity contribution in [2.45, 2.75) is 69.6 Å². The van der Waals surface area contributed by atoms with Gasteiger partial charge in [0.1, 0.15) is 0 Å². The van der Waals surface area contributed by atoms with Crippen LogP contribution in [0, 0.1) is 0 Å². The van der Waals surface area contributed by atoms with Crippen molar-refractivity contribution in [1.29, 1.82) is 0 Å². The molecule has 174 valence electrons. The van der Waals surface area contributed by atoms with Crippen LogP contribution in [0.15, 0.2) is 42.5 Å². The van der Waals surface area contributed by atoms with E-state index in [4.69, 9.17) is 0 Å². The van der Waals surface area contributed by atoms with Gasteiger partial charge in [0.05, 0.1) is 24.4 Å². The van der Waals surface area contributed by atoms with E-state index in [-0.39, 0.29) is 12.2 Å². The Morgan fingerprint density at radius 1 is 0.969 bits per heavy atom. The fourth-order valence-electron chi connectivity index (χ4n) is 5.23. The Labute approximate surface area is 190 Å². The van der Waals surface area contributed by atoms with Crippen molar-refractivity contribution in [3.63, 3.8) is 0 Å². The Hall–Kier alpha value is -1.69. The smallest absolute Gasteiger partial charge is 0.325 e. The molecule has 1 aliphatic carbocycles. The van der Waals surface area contributed by atoms with E-state index in [1.807, 2.05) is 36.4 Å². The van der Waals surface area contributed by atoms with E-state index in [2.05, 4.69) is 11.0 Å². The lowest BCUT2D eigenvalue weighted by Gasteiger charge is -2.32. The molecule has 1 fully saturated rings. The molecule has 3 atom stereocenters. The molecule has 32 heavy (non-hydrogen) atoms. The maximum absolute atomic E-state index is 11.2. The van der Waals surface area contributed by atoms with Gasteiger partial charge in [0, 0.05) is 12.2 Å². The topological polar surface area (TPSA) is 101 Å². The molecule has 1 saturated heterocycles. The Bertz CT molecular complexity index is 975. The van der Waals surface area contributed by atoms with E-state index in [9.17, 15) is 24.6 Å². The molecule has 2 aliphatic rings. The molecule has 7 heteroatoms. The second-order valence-corrected chi connectivity index (χ2v) is 11.0. The van der Waals surface area contributed by atoms with Crippen LogP contribution < -0.4 is 4.90 Å². The summed E-state index contributed by atoms with van der Waals surface area (Å²) in [6.45, 7) is 0.774. The highest BCUT2D eigenvalue weighted by Gasteiger charge is 2.35. The summed E-state index contributed by atoms with van der Waals surface area (Å²) < 4.78 is 11.2. The normalized spacial score (nSPS) is 24.1. The molecule has 2 aromatic carbocycles. The van der Waals surface area contributed by atoms with Crippen molar-refractivity contribution >= 4 is 13.3 Å². The SMILES string of the molecule is O=P(O)(O)CCc1cccc(CC2C(O)CCN2c2cccc3c2CCCCCC3O)c1. The summed E-state index contributed by atoms with van der Waals surface area (Å²) in [4.78, 5) is 20.7. The van der Waals surface area contributed by atoms with Crippen LogP contribution in [0.4, 0.5) is 5.69 Å². The lowest BCUT2D eigenvalue weighted by Crippen LogP contribution is -2.38. The third-order valence-electron chi connectivity index (χ3n) is 6.90. The third kappa shape index (κ3) is 5.62. The van der Waals surface area contributed by atoms with E-state index in [1.165, 1.54) is 5.56 Å². The zero-order valence-electron chi connectivity index (χ0n) is 18.4. The zero-order chi connectivity index (χ0) is 22.7. The number of hydrogen-bond donors (Lipinski definition) is 4. The number of aliphatic hydroxyl groups excluding tert-OH is 2. The quantitative estimate of drug-likeness (QED) is 0.491. The summed E-state index contributed by atoms with van der Waals surface area (Å²) in [5, 5.41) is 21.5. The highest BCUT2D eigenvalue weighted by atomic mass is 31.2. The van der Waals surface area contributed by atoms with E-state index in [0.717, 1.165) is 61.0 Å². The van der Waals surface area contributed by atoms with Gasteiger partial charge in [-0.25, -0.2) is 0 Å². The Morgan fingerprint density at radius 2 is 1.75 bits per heavy atom. The van der Waals surface area contributed by atoms with Crippen molar-refractivity contribution in [1.82, 2.24) is 0 Å². The van der Waals surface area contributed by atoms with Crippen LogP contribution in [0.25, 0.3) is 0 Å². The number of anilines is 1. The molecule has 1 heterocycles. The third-order valence-corrected chi connectivity index (χ3v) is 7.70. The molecule has 0 spiro atoms. The van der Waals surface area contributed by atoms with Crippen molar-refractivity contribution in [3.05, 3.63) is 64.7 Å². The van der Waals surface area contributed by atoms with Crippen LogP contribution in [0.3, 0.4) is 0 Å². The first-order valence-corrected chi connectivity index (χ1v) is 13.5. The molecule has 4 N–H and O–H groups in total. The molecule has 0 saturated carbocycles. The molecule has 0 bridgehead atoms. The molecule has 6 nitrogen and oxygen atoms in total. The first-order chi connectivity index (χ1) is 15.3. The Balaban J connectivity index is 1.58. The number of hydrogen-bond acceptors (Lipinski definition) is 4. The zero-order valence-corrected chi connectivity index (χ0v) is 19.3. The van der Waals surface area contributed by atoms with Gasteiger partial charge < -0.3 is 24.9 Å². The molecule has 1 aliphatic heterocycles. The van der Waals surface area contributed by atoms with Gasteiger partial charge in [-0.2, -0.15) is 0 Å². The van der Waals surface area contributed by atoms with E-state index in [0.29, 0.717) is 19.3 Å². The highest BCUT2D eigenvalue weighted by molar-refractivity contribution is 7.51. The van der Waals surface area contributed by atoms with Crippen LogP contribution in [-0.2, 0) is 23.8 Å². The minimum atomic E-state index is -4.03. The maximum Gasteiger partial charge on any atom is 0.325 e. The second-order valence-electron chi connectivity index (χ2n) is 9.24. The lowest BCUT2D eigenvalue weighted by atomic mass is 9.89. The summed E-state index contributed by atoms with van der Waals surface area (Å²) in [5.41, 5.74) is 5.33. The van der Waals surface area contributed by atoms with Gasteiger partial charge in [-0.3, -0.25) is 4.57 Å². The van der Waals surface area contributed by atoms with Gasteiger partial charge in [0.25, 0.3) is 0 Å². The monoisotopic (exact) mass is 459 g/mol. The molecule has 0 radical (unpaired) electrons. The van der Waals surface area contributed by atoms with Crippen LogP contribution in [-0.4, -0.2) is 44.9 Å². The number of nitrogens with zero attached hydrogens (tertiary/aromatic N) is 1. The molecule has 0 aromatic heterocycles. The summed E-state index contributed by atoms with van der Waals surface area (Å²) in [6.07, 6.45) is 5.69. The highest BCUT2D eigenvalue weighted by Crippen LogP contribution is 2.38. The van der Waals surface area contributed by atoms with Gasteiger partial charge in [-0.05, 0) is 66.8 Å². The minimum absolute atomic E-state index is 0.0684. The van der Waals surface area contributed by atoms with Gasteiger partial charge in [-0.15, -0.1) is 0 Å². The average molecular weight is 460 g/mol. The van der Waals surface area contributed by atoms with Crippen LogP contribution >= 0.6 is 7.60 Å². The van der Waals surface area contributed by atoms with Gasteiger partial charge in [-0.1, -0.05) is 49.2 Å². The Morgan fingerprint density at radius 3 is 2.56 bits per heavy atom. The fraction of sp³-hybridized carbons (Fsp3) is 0.520. The number of aryl methyl sites for hydroxylation is 1. The second kappa shape index (κ2) is 10.1. The maximum atomic E-state index is 11.2. The molecule has 0 amide bonds. The van der Waals surface area contributed by atoms with Crippen molar-refractivity contribution in [2.75, 3.05) is 17.6 Å². The van der Waals surface area contributed by atoms with Gasteiger partial charge in [0.15, 0.2) is 0 Å². The van der Waals surface area contributed by atoms with Crippen molar-refractivity contribution in [3.8, 4) is 0 Å². The van der Waals surface area contributed by atoms with Gasteiger partial charge >= 0.3 is 7.60 Å². The number of fused-ring (bicyclic) bond motifs is 1. The summed E-state index contributed by atoms with van der Waals surface area (Å²) in [5.74, 6) is 0. The summed E-state index contributed by atoms with van der Waals surface area (Å²) in [7, 11) is -4.03. The van der Waals surface area contributed by atoms with Crippen molar-refractivity contribution in [2.24, 2.45) is 0 Å². The summed E-state index contributed by atoms with van der Waals surface area (Å²) >= 11 is 0. The molecule has 2 aromatic rings. The number of rotatable bonds is 6. The predicted octanol–water partition coefficient (Wildman–Crippen LogP) is 3.74. The standard InChI is InChI=1S/C25H34NO5P/c27-24-11-3-1-2-8-20-21(24)9-5-10-22(20)26-14-12-25(28)23(26)17-19-7-4-6-18(16-19)13-15-32(29,30)31/h4-7,9-10,16,23-25,27-28H,1-3,8,11-15,17H2,(H2,29,30,31). The van der Waals surface area contributed by atoms with Crippen LogP contribution in [0.2, 0.25) is 0 Å². The van der Waals surface area contributed by atoms with E-state index in [1.54, 1.807) is 0 Å².